The molecule has 0 aliphatic rings. The lowest BCUT2D eigenvalue weighted by Crippen LogP contribution is -2.22. The third-order valence-electron chi connectivity index (χ3n) is 1.67. The van der Waals surface area contributed by atoms with Gasteiger partial charge in [-0.3, -0.25) is 0 Å². The molecule has 76 valence electrons. The van der Waals surface area contributed by atoms with Gasteiger partial charge in [0, 0.05) is 19.4 Å². The molecule has 0 aliphatic carbocycles. The summed E-state index contributed by atoms with van der Waals surface area (Å²) in [6.45, 7) is 0. The molecule has 1 rings (SSSR count). The third kappa shape index (κ3) is 3.37. The van der Waals surface area contributed by atoms with E-state index in [1.54, 1.807) is 0 Å². The van der Waals surface area contributed by atoms with E-state index >= 15 is 0 Å². The number of benzene rings is 1. The minimum atomic E-state index is -1.03. The smallest absolute Gasteiger partial charge is 0.0417 e. The van der Waals surface area contributed by atoms with Gasteiger partial charge in [0.15, 0.2) is 0 Å². The molecule has 0 saturated heterocycles. The molecule has 0 unspecified atom stereocenters. The quantitative estimate of drug-likeness (QED) is 0.750. The highest BCUT2D eigenvalue weighted by Crippen LogP contribution is 2.31. The lowest BCUT2D eigenvalue weighted by molar-refractivity contribution is -0.305. The van der Waals surface area contributed by atoms with Crippen molar-refractivity contribution < 1.29 is 9.90 Å². The standard InChI is InChI=1S/C9H7Br3O2/c10-6-3-5(1-2-8(13)14)9(12)7(11)4-6/h3-4H,1-2H2,(H,13,14)/p-1. The van der Waals surface area contributed by atoms with Gasteiger partial charge < -0.3 is 9.90 Å². The van der Waals surface area contributed by atoms with Crippen molar-refractivity contribution in [2.24, 2.45) is 0 Å². The van der Waals surface area contributed by atoms with Crippen LogP contribution in [-0.2, 0) is 11.2 Å². The van der Waals surface area contributed by atoms with Gasteiger partial charge in [-0.2, -0.15) is 0 Å². The highest BCUT2D eigenvalue weighted by atomic mass is 79.9. The molecule has 1 aromatic rings. The average Bonchev–Trinajstić information content (AvgIpc) is 2.08. The van der Waals surface area contributed by atoms with Crippen LogP contribution < -0.4 is 5.11 Å². The van der Waals surface area contributed by atoms with Crippen LogP contribution >= 0.6 is 47.8 Å². The van der Waals surface area contributed by atoms with E-state index in [9.17, 15) is 9.90 Å². The summed E-state index contributed by atoms with van der Waals surface area (Å²) < 4.78 is 2.71. The zero-order valence-electron chi connectivity index (χ0n) is 7.02. The fraction of sp³-hybridized carbons (Fsp3) is 0.222. The van der Waals surface area contributed by atoms with Crippen LogP contribution in [0.5, 0.6) is 0 Å². The van der Waals surface area contributed by atoms with Gasteiger partial charge in [0.25, 0.3) is 0 Å². The fourth-order valence-electron chi connectivity index (χ4n) is 1.03. The highest BCUT2D eigenvalue weighted by Gasteiger charge is 2.05. The maximum absolute atomic E-state index is 10.3. The molecule has 1 aromatic carbocycles. The Morgan fingerprint density at radius 1 is 1.29 bits per heavy atom. The van der Waals surface area contributed by atoms with Gasteiger partial charge in [-0.15, -0.1) is 0 Å². The second kappa shape index (κ2) is 5.28. The van der Waals surface area contributed by atoms with E-state index in [0.717, 1.165) is 19.0 Å². The Labute approximate surface area is 107 Å². The molecule has 2 nitrogen and oxygen atoms in total. The maximum Gasteiger partial charge on any atom is 0.0417 e. The Hall–Kier alpha value is 0.130. The summed E-state index contributed by atoms with van der Waals surface area (Å²) in [7, 11) is 0. The molecule has 0 fully saturated rings. The van der Waals surface area contributed by atoms with Crippen LogP contribution in [0.15, 0.2) is 25.6 Å². The van der Waals surface area contributed by atoms with Crippen LogP contribution in [0.1, 0.15) is 12.0 Å². The molecule has 0 atom stereocenters. The second-order valence-corrected chi connectivity index (χ2v) is 5.30. The van der Waals surface area contributed by atoms with Crippen LogP contribution in [0.25, 0.3) is 0 Å². The molecule has 5 heteroatoms. The summed E-state index contributed by atoms with van der Waals surface area (Å²) in [5, 5.41) is 10.3. The number of aryl methyl sites for hydroxylation is 1. The van der Waals surface area contributed by atoms with E-state index in [1.807, 2.05) is 12.1 Å². The van der Waals surface area contributed by atoms with E-state index in [2.05, 4.69) is 47.8 Å². The molecule has 0 radical (unpaired) electrons. The monoisotopic (exact) mass is 383 g/mol. The summed E-state index contributed by atoms with van der Waals surface area (Å²) >= 11 is 10.1. The first-order valence-electron chi connectivity index (χ1n) is 3.84. The molecule has 0 aromatic heterocycles. The lowest BCUT2D eigenvalue weighted by Gasteiger charge is -2.07. The predicted octanol–water partition coefficient (Wildman–Crippen LogP) is 2.66. The van der Waals surface area contributed by atoms with Gasteiger partial charge >= 0.3 is 0 Å². The normalized spacial score (nSPS) is 10.2. The van der Waals surface area contributed by atoms with Gasteiger partial charge in [-0.1, -0.05) is 15.9 Å². The summed E-state index contributed by atoms with van der Waals surface area (Å²) in [5.74, 6) is -1.03. The molecule has 14 heavy (non-hydrogen) atoms. The van der Waals surface area contributed by atoms with Crippen molar-refractivity contribution in [3.8, 4) is 0 Å². The highest BCUT2D eigenvalue weighted by molar-refractivity contribution is 9.13. The SMILES string of the molecule is O=C([O-])CCc1cc(Br)cc(Br)c1Br. The van der Waals surface area contributed by atoms with Crippen LogP contribution in [0.2, 0.25) is 0 Å². The average molecular weight is 386 g/mol. The second-order valence-electron chi connectivity index (χ2n) is 2.73. The lowest BCUT2D eigenvalue weighted by atomic mass is 10.1. The number of aliphatic carboxylic acids is 1. The van der Waals surface area contributed by atoms with Crippen molar-refractivity contribution >= 4 is 53.8 Å². The van der Waals surface area contributed by atoms with Crippen molar-refractivity contribution in [1.29, 1.82) is 0 Å². The number of rotatable bonds is 3. The first-order valence-corrected chi connectivity index (χ1v) is 6.22. The van der Waals surface area contributed by atoms with E-state index < -0.39 is 5.97 Å². The zero-order chi connectivity index (χ0) is 10.7. The van der Waals surface area contributed by atoms with E-state index in [0.29, 0.717) is 6.42 Å². The first-order chi connectivity index (χ1) is 6.50. The van der Waals surface area contributed by atoms with Crippen molar-refractivity contribution in [3.05, 3.63) is 31.1 Å². The van der Waals surface area contributed by atoms with Gasteiger partial charge in [0.05, 0.1) is 0 Å². The molecule has 0 bridgehead atoms. The van der Waals surface area contributed by atoms with Crippen LogP contribution in [0, 0.1) is 0 Å². The fourth-order valence-corrected chi connectivity index (χ4v) is 2.77. The Kier molecular flexibility index (Phi) is 4.60. The molecule has 0 amide bonds. The van der Waals surface area contributed by atoms with Crippen molar-refractivity contribution in [2.45, 2.75) is 12.8 Å². The number of carbonyl (C=O) groups is 1. The van der Waals surface area contributed by atoms with Gasteiger partial charge in [0.2, 0.25) is 0 Å². The van der Waals surface area contributed by atoms with Crippen molar-refractivity contribution in [2.75, 3.05) is 0 Å². The van der Waals surface area contributed by atoms with E-state index in [1.165, 1.54) is 0 Å². The first kappa shape index (κ1) is 12.2. The number of carboxylic acids is 1. The van der Waals surface area contributed by atoms with Crippen molar-refractivity contribution in [1.82, 2.24) is 0 Å². The zero-order valence-corrected chi connectivity index (χ0v) is 11.8. The summed E-state index contributed by atoms with van der Waals surface area (Å²) in [4.78, 5) is 10.3. The molecular formula is C9H6Br3O2-. The number of carboxylic acid groups (broad SMARTS) is 1. The number of halogens is 3. The number of carbonyl (C=O) groups excluding carboxylic acids is 1. The van der Waals surface area contributed by atoms with E-state index in [4.69, 9.17) is 0 Å². The van der Waals surface area contributed by atoms with Crippen molar-refractivity contribution in [3.63, 3.8) is 0 Å². The Balaban J connectivity index is 2.90. The Bertz CT molecular complexity index is 363. The minimum Gasteiger partial charge on any atom is -0.550 e. The third-order valence-corrected chi connectivity index (χ3v) is 4.22. The summed E-state index contributed by atoms with van der Waals surface area (Å²) in [6, 6.07) is 3.78. The van der Waals surface area contributed by atoms with Crippen LogP contribution in [0.3, 0.4) is 0 Å². The summed E-state index contributed by atoms with van der Waals surface area (Å²) in [6.07, 6.45) is 0.489. The molecule has 0 heterocycles. The van der Waals surface area contributed by atoms with Crippen LogP contribution in [0.4, 0.5) is 0 Å². The topological polar surface area (TPSA) is 40.1 Å². The largest absolute Gasteiger partial charge is 0.550 e. The predicted molar refractivity (Wildman–Crippen MR) is 62.9 cm³/mol. The Morgan fingerprint density at radius 2 is 1.93 bits per heavy atom. The number of hydrogen-bond donors (Lipinski definition) is 0. The number of hydrogen-bond acceptors (Lipinski definition) is 2. The molecule has 0 saturated carbocycles. The van der Waals surface area contributed by atoms with Crippen LogP contribution in [-0.4, -0.2) is 5.97 Å². The van der Waals surface area contributed by atoms with Gasteiger partial charge in [-0.25, -0.2) is 0 Å². The molecule has 0 N–H and O–H groups in total. The van der Waals surface area contributed by atoms with Gasteiger partial charge in [0.1, 0.15) is 0 Å². The van der Waals surface area contributed by atoms with Gasteiger partial charge in [-0.05, 0) is 62.4 Å². The molecule has 0 spiro atoms. The summed E-state index contributed by atoms with van der Waals surface area (Å²) in [5.41, 5.74) is 0.940. The molecular weight excluding hydrogens is 380 g/mol. The maximum atomic E-state index is 10.3. The minimum absolute atomic E-state index is 0.0293. The Morgan fingerprint density at radius 3 is 2.50 bits per heavy atom. The molecule has 0 aliphatic heterocycles. The van der Waals surface area contributed by atoms with E-state index in [-0.39, 0.29) is 6.42 Å².